The van der Waals surface area contributed by atoms with Crippen molar-refractivity contribution < 1.29 is 13.9 Å². The molecule has 0 amide bonds. The molecule has 1 heterocycles. The minimum absolute atomic E-state index is 0.115. The van der Waals surface area contributed by atoms with E-state index in [9.17, 15) is 8.78 Å². The van der Waals surface area contributed by atoms with Gasteiger partial charge in [-0.1, -0.05) is 23.7 Å². The van der Waals surface area contributed by atoms with Crippen LogP contribution in [0, 0.1) is 0 Å². The van der Waals surface area contributed by atoms with Crippen LogP contribution in [-0.2, 0) is 6.61 Å². The smallest absolute Gasteiger partial charge is 0.333 e. The number of aliphatic hydroxyl groups excluding tert-OH is 1. The van der Waals surface area contributed by atoms with Crippen LogP contribution in [0.5, 0.6) is 0 Å². The van der Waals surface area contributed by atoms with E-state index in [-0.39, 0.29) is 6.61 Å². The van der Waals surface area contributed by atoms with Crippen molar-refractivity contribution in [2.75, 3.05) is 0 Å². The van der Waals surface area contributed by atoms with E-state index in [4.69, 9.17) is 16.7 Å². The number of hydrogen-bond acceptors (Lipinski definition) is 2. The van der Waals surface area contributed by atoms with Gasteiger partial charge in [-0.05, 0) is 11.6 Å². The number of rotatable bonds is 3. The van der Waals surface area contributed by atoms with Gasteiger partial charge in [-0.3, -0.25) is 0 Å². The molecular formula is C11H9ClF2N2O. The molecule has 1 aromatic heterocycles. The maximum absolute atomic E-state index is 12.3. The zero-order valence-corrected chi connectivity index (χ0v) is 9.40. The van der Waals surface area contributed by atoms with Crippen LogP contribution in [0.1, 0.15) is 12.1 Å². The van der Waals surface area contributed by atoms with Crippen molar-refractivity contribution in [1.29, 1.82) is 0 Å². The molecule has 1 aromatic carbocycles. The third-order valence-corrected chi connectivity index (χ3v) is 2.64. The van der Waals surface area contributed by atoms with Gasteiger partial charge >= 0.3 is 6.55 Å². The Morgan fingerprint density at radius 1 is 1.41 bits per heavy atom. The van der Waals surface area contributed by atoms with Crippen LogP contribution in [0.4, 0.5) is 8.78 Å². The van der Waals surface area contributed by atoms with Gasteiger partial charge in [0, 0.05) is 22.3 Å². The number of halogens is 3. The van der Waals surface area contributed by atoms with Crippen LogP contribution in [-0.4, -0.2) is 14.9 Å². The van der Waals surface area contributed by atoms with Gasteiger partial charge < -0.3 is 5.11 Å². The highest BCUT2D eigenvalue weighted by atomic mass is 35.5. The topological polar surface area (TPSA) is 38.1 Å². The number of benzene rings is 1. The Kier molecular flexibility index (Phi) is 3.40. The molecule has 0 radical (unpaired) electrons. The summed E-state index contributed by atoms with van der Waals surface area (Å²) < 4.78 is 25.3. The van der Waals surface area contributed by atoms with Gasteiger partial charge in [0.15, 0.2) is 0 Å². The number of aliphatic hydroxyl groups is 1. The zero-order chi connectivity index (χ0) is 12.4. The molecule has 2 rings (SSSR count). The minimum atomic E-state index is -2.67. The van der Waals surface area contributed by atoms with E-state index in [1.807, 2.05) is 0 Å². The Morgan fingerprint density at radius 2 is 2.18 bits per heavy atom. The molecule has 0 atom stereocenters. The summed E-state index contributed by atoms with van der Waals surface area (Å²) in [4.78, 5) is 0. The van der Waals surface area contributed by atoms with Gasteiger partial charge in [0.2, 0.25) is 0 Å². The fraction of sp³-hybridized carbons (Fsp3) is 0.182. The maximum Gasteiger partial charge on any atom is 0.333 e. The maximum atomic E-state index is 12.3. The summed E-state index contributed by atoms with van der Waals surface area (Å²) >= 11 is 6.00. The van der Waals surface area contributed by atoms with Gasteiger partial charge in [0.1, 0.15) is 0 Å². The Morgan fingerprint density at radius 3 is 2.71 bits per heavy atom. The molecule has 0 aliphatic carbocycles. The summed E-state index contributed by atoms with van der Waals surface area (Å²) in [6.45, 7) is -2.78. The summed E-state index contributed by atoms with van der Waals surface area (Å²) in [5.41, 5.74) is 1.79. The molecule has 1 N–H and O–H groups in total. The fourth-order valence-electron chi connectivity index (χ4n) is 1.47. The van der Waals surface area contributed by atoms with Crippen LogP contribution < -0.4 is 0 Å². The second-order valence-corrected chi connectivity index (χ2v) is 3.87. The lowest BCUT2D eigenvalue weighted by Gasteiger charge is -2.03. The van der Waals surface area contributed by atoms with E-state index in [1.165, 1.54) is 12.4 Å². The van der Waals surface area contributed by atoms with Crippen LogP contribution in [0.3, 0.4) is 0 Å². The molecule has 0 aliphatic heterocycles. The quantitative estimate of drug-likeness (QED) is 0.919. The first-order chi connectivity index (χ1) is 8.11. The van der Waals surface area contributed by atoms with E-state index < -0.39 is 6.55 Å². The first kappa shape index (κ1) is 12.0. The van der Waals surface area contributed by atoms with Crippen molar-refractivity contribution in [1.82, 2.24) is 9.78 Å². The summed E-state index contributed by atoms with van der Waals surface area (Å²) in [5, 5.41) is 12.9. The van der Waals surface area contributed by atoms with E-state index in [0.29, 0.717) is 26.4 Å². The average molecular weight is 259 g/mol. The molecule has 0 bridgehead atoms. The van der Waals surface area contributed by atoms with Crippen LogP contribution >= 0.6 is 11.6 Å². The van der Waals surface area contributed by atoms with Gasteiger partial charge in [-0.15, -0.1) is 0 Å². The zero-order valence-electron chi connectivity index (χ0n) is 8.65. The molecule has 0 spiro atoms. The summed E-state index contributed by atoms with van der Waals surface area (Å²) in [6.07, 6.45) is 2.55. The molecule has 6 heteroatoms. The van der Waals surface area contributed by atoms with Crippen molar-refractivity contribution in [2.45, 2.75) is 13.2 Å². The first-order valence-corrected chi connectivity index (χ1v) is 5.21. The molecule has 0 aliphatic rings. The van der Waals surface area contributed by atoms with Crippen LogP contribution in [0.15, 0.2) is 30.6 Å². The lowest BCUT2D eigenvalue weighted by Crippen LogP contribution is -1.96. The van der Waals surface area contributed by atoms with Crippen molar-refractivity contribution in [3.05, 3.63) is 41.2 Å². The molecule has 0 fully saturated rings. The Labute approximate surface area is 101 Å². The monoisotopic (exact) mass is 258 g/mol. The van der Waals surface area contributed by atoms with E-state index >= 15 is 0 Å². The van der Waals surface area contributed by atoms with E-state index in [0.717, 1.165) is 0 Å². The van der Waals surface area contributed by atoms with Gasteiger partial charge in [-0.2, -0.15) is 13.9 Å². The summed E-state index contributed by atoms with van der Waals surface area (Å²) in [7, 11) is 0. The van der Waals surface area contributed by atoms with Crippen molar-refractivity contribution in [2.24, 2.45) is 0 Å². The van der Waals surface area contributed by atoms with Crippen LogP contribution in [0.2, 0.25) is 5.02 Å². The normalized spacial score (nSPS) is 11.1. The lowest BCUT2D eigenvalue weighted by molar-refractivity contribution is 0.0566. The Hall–Kier alpha value is -1.46. The Bertz CT molecular complexity index is 528. The highest BCUT2D eigenvalue weighted by molar-refractivity contribution is 6.33. The molecule has 0 saturated heterocycles. The van der Waals surface area contributed by atoms with Crippen molar-refractivity contribution >= 4 is 11.6 Å². The highest BCUT2D eigenvalue weighted by Gasteiger charge is 2.11. The number of aromatic nitrogens is 2. The largest absolute Gasteiger partial charge is 0.392 e. The van der Waals surface area contributed by atoms with Gasteiger partial charge in [0.25, 0.3) is 0 Å². The average Bonchev–Trinajstić information content (AvgIpc) is 2.78. The molecule has 0 saturated carbocycles. The predicted molar refractivity (Wildman–Crippen MR) is 59.8 cm³/mol. The van der Waals surface area contributed by atoms with Gasteiger partial charge in [-0.25, -0.2) is 4.68 Å². The number of nitrogens with zero attached hydrogens (tertiary/aromatic N) is 2. The molecular weight excluding hydrogens is 250 g/mol. The standard InChI is InChI=1S/C11H9ClF2N2O/c12-10-3-7(6-17)1-2-9(10)8-4-15-16(5-8)11(13)14/h1-5,11,17H,6H2. The van der Waals surface area contributed by atoms with Crippen molar-refractivity contribution in [3.63, 3.8) is 0 Å². The predicted octanol–water partition coefficient (Wildman–Crippen LogP) is 3.09. The highest BCUT2D eigenvalue weighted by Crippen LogP contribution is 2.29. The summed E-state index contributed by atoms with van der Waals surface area (Å²) in [6, 6.07) is 4.94. The second-order valence-electron chi connectivity index (χ2n) is 3.46. The molecule has 90 valence electrons. The molecule has 2 aromatic rings. The number of alkyl halides is 2. The molecule has 0 unspecified atom stereocenters. The van der Waals surface area contributed by atoms with Crippen molar-refractivity contribution in [3.8, 4) is 11.1 Å². The fourth-order valence-corrected chi connectivity index (χ4v) is 1.79. The first-order valence-electron chi connectivity index (χ1n) is 4.84. The third-order valence-electron chi connectivity index (χ3n) is 2.33. The van der Waals surface area contributed by atoms with Crippen LogP contribution in [0.25, 0.3) is 11.1 Å². The SMILES string of the molecule is OCc1ccc(-c2cnn(C(F)F)c2)c(Cl)c1. The lowest BCUT2D eigenvalue weighted by atomic mass is 10.1. The second kappa shape index (κ2) is 4.81. The van der Waals surface area contributed by atoms with Gasteiger partial charge in [0.05, 0.1) is 12.8 Å². The molecule has 17 heavy (non-hydrogen) atoms. The third kappa shape index (κ3) is 2.45. The Balaban J connectivity index is 2.38. The summed E-state index contributed by atoms with van der Waals surface area (Å²) in [5.74, 6) is 0. The number of hydrogen-bond donors (Lipinski definition) is 1. The van der Waals surface area contributed by atoms with E-state index in [2.05, 4.69) is 5.10 Å². The minimum Gasteiger partial charge on any atom is -0.392 e. The molecule has 3 nitrogen and oxygen atoms in total. The van der Waals surface area contributed by atoms with E-state index in [1.54, 1.807) is 18.2 Å².